The molecule has 0 spiro atoms. The summed E-state index contributed by atoms with van der Waals surface area (Å²) in [5, 5.41) is 0.969. The average Bonchev–Trinajstić information content (AvgIpc) is 2.37. The zero-order valence-corrected chi connectivity index (χ0v) is 14.3. The summed E-state index contributed by atoms with van der Waals surface area (Å²) < 4.78 is 0. The topological polar surface area (TPSA) is 23.6 Å². The number of carbonyl (C=O) groups is 1. The van der Waals surface area contributed by atoms with E-state index in [0.29, 0.717) is 15.6 Å². The molecule has 1 aliphatic heterocycles. The highest BCUT2D eigenvalue weighted by Crippen LogP contribution is 2.23. The van der Waals surface area contributed by atoms with Crippen molar-refractivity contribution in [3.63, 3.8) is 0 Å². The third-order valence-corrected chi connectivity index (χ3v) is 4.07. The first kappa shape index (κ1) is 16.6. The Morgan fingerprint density at radius 2 is 1.76 bits per heavy atom. The summed E-state index contributed by atoms with van der Waals surface area (Å²) in [7, 11) is 0. The van der Waals surface area contributed by atoms with Gasteiger partial charge >= 0.3 is 0 Å². The zero-order valence-electron chi connectivity index (χ0n) is 12.8. The number of carbonyl (C=O) groups excluding carboxylic acids is 1. The quantitative estimate of drug-likeness (QED) is 0.824. The molecule has 0 saturated carbocycles. The van der Waals surface area contributed by atoms with Crippen molar-refractivity contribution in [2.45, 2.75) is 20.8 Å². The van der Waals surface area contributed by atoms with Crippen molar-refractivity contribution >= 4 is 29.1 Å². The number of amides is 1. The normalized spacial score (nSPS) is 17.1. The number of hydrogen-bond donors (Lipinski definition) is 0. The molecule has 0 aromatic heterocycles. The highest BCUT2D eigenvalue weighted by Gasteiger charge is 2.25. The van der Waals surface area contributed by atoms with E-state index in [-0.39, 0.29) is 11.3 Å². The van der Waals surface area contributed by atoms with Crippen molar-refractivity contribution < 1.29 is 4.79 Å². The van der Waals surface area contributed by atoms with Crippen LogP contribution in [0, 0.1) is 5.41 Å². The van der Waals surface area contributed by atoms with E-state index < -0.39 is 0 Å². The maximum Gasteiger partial charge on any atom is 0.255 e. The van der Waals surface area contributed by atoms with Gasteiger partial charge in [0.2, 0.25) is 0 Å². The van der Waals surface area contributed by atoms with Gasteiger partial charge in [-0.15, -0.1) is 0 Å². The van der Waals surface area contributed by atoms with Gasteiger partial charge in [-0.05, 0) is 23.6 Å². The lowest BCUT2D eigenvalue weighted by Crippen LogP contribution is -2.50. The molecule has 0 unspecified atom stereocenters. The van der Waals surface area contributed by atoms with E-state index in [1.165, 1.54) is 0 Å². The molecule has 21 heavy (non-hydrogen) atoms. The van der Waals surface area contributed by atoms with E-state index in [9.17, 15) is 4.79 Å². The second-order valence-corrected chi connectivity index (χ2v) is 7.60. The Morgan fingerprint density at radius 1 is 1.14 bits per heavy atom. The number of rotatable bonds is 2. The first-order valence-corrected chi connectivity index (χ1v) is 7.98. The van der Waals surface area contributed by atoms with Gasteiger partial charge < -0.3 is 4.90 Å². The minimum atomic E-state index is -0.00734. The van der Waals surface area contributed by atoms with Crippen molar-refractivity contribution in [2.75, 3.05) is 32.7 Å². The van der Waals surface area contributed by atoms with Crippen molar-refractivity contribution in [2.24, 2.45) is 5.41 Å². The SMILES string of the molecule is CC(C)(C)CN1CCN(C(=O)c2ccc(Cl)cc2Cl)CC1. The second kappa shape index (κ2) is 6.55. The van der Waals surface area contributed by atoms with Crippen LogP contribution in [-0.4, -0.2) is 48.4 Å². The van der Waals surface area contributed by atoms with Crippen LogP contribution < -0.4 is 0 Å². The van der Waals surface area contributed by atoms with Crippen LogP contribution in [0.3, 0.4) is 0 Å². The summed E-state index contributed by atoms with van der Waals surface area (Å²) in [5.41, 5.74) is 0.816. The van der Waals surface area contributed by atoms with Crippen LogP contribution >= 0.6 is 23.2 Å². The summed E-state index contributed by atoms with van der Waals surface area (Å²) in [6.07, 6.45) is 0. The summed E-state index contributed by atoms with van der Waals surface area (Å²) in [6, 6.07) is 5.03. The molecule has 1 amide bonds. The fourth-order valence-corrected chi connectivity index (χ4v) is 3.10. The highest BCUT2D eigenvalue weighted by molar-refractivity contribution is 6.36. The smallest absolute Gasteiger partial charge is 0.255 e. The molecule has 2 rings (SSSR count). The van der Waals surface area contributed by atoms with E-state index in [2.05, 4.69) is 25.7 Å². The molecule has 0 radical (unpaired) electrons. The summed E-state index contributed by atoms with van der Waals surface area (Å²) in [5.74, 6) is -0.00734. The monoisotopic (exact) mass is 328 g/mol. The maximum absolute atomic E-state index is 12.5. The first-order chi connectivity index (χ1) is 9.76. The molecule has 0 bridgehead atoms. The van der Waals surface area contributed by atoms with Gasteiger partial charge in [0.15, 0.2) is 0 Å². The second-order valence-electron chi connectivity index (χ2n) is 6.75. The van der Waals surface area contributed by atoms with E-state index in [0.717, 1.165) is 32.7 Å². The van der Waals surface area contributed by atoms with Crippen molar-refractivity contribution in [3.8, 4) is 0 Å². The van der Waals surface area contributed by atoms with Gasteiger partial charge in [-0.2, -0.15) is 0 Å². The van der Waals surface area contributed by atoms with Gasteiger partial charge in [0.1, 0.15) is 0 Å². The Labute approximate surface area is 136 Å². The van der Waals surface area contributed by atoms with Crippen LogP contribution in [0.2, 0.25) is 10.0 Å². The van der Waals surface area contributed by atoms with Crippen LogP contribution in [0.15, 0.2) is 18.2 Å². The predicted molar refractivity (Wildman–Crippen MR) is 88.3 cm³/mol. The Morgan fingerprint density at radius 3 is 2.29 bits per heavy atom. The van der Waals surface area contributed by atoms with E-state index in [4.69, 9.17) is 23.2 Å². The molecule has 0 atom stereocenters. The largest absolute Gasteiger partial charge is 0.336 e. The fraction of sp³-hybridized carbons (Fsp3) is 0.562. The van der Waals surface area contributed by atoms with Gasteiger partial charge in [0.05, 0.1) is 10.6 Å². The lowest BCUT2D eigenvalue weighted by Gasteiger charge is -2.37. The molecule has 0 N–H and O–H groups in total. The number of halogens is 2. The van der Waals surface area contributed by atoms with Crippen LogP contribution in [0.25, 0.3) is 0 Å². The number of nitrogens with zero attached hydrogens (tertiary/aromatic N) is 2. The Hall–Kier alpha value is -0.770. The third-order valence-electron chi connectivity index (χ3n) is 3.52. The Bertz CT molecular complexity index is 517. The average molecular weight is 329 g/mol. The van der Waals surface area contributed by atoms with E-state index >= 15 is 0 Å². The van der Waals surface area contributed by atoms with Gasteiger partial charge in [-0.25, -0.2) is 0 Å². The molecule has 1 aliphatic rings. The van der Waals surface area contributed by atoms with Crippen LogP contribution in [0.1, 0.15) is 31.1 Å². The number of piperazine rings is 1. The number of benzene rings is 1. The van der Waals surface area contributed by atoms with Gasteiger partial charge in [-0.1, -0.05) is 44.0 Å². The van der Waals surface area contributed by atoms with Gasteiger partial charge in [0.25, 0.3) is 5.91 Å². The third kappa shape index (κ3) is 4.60. The highest BCUT2D eigenvalue weighted by atomic mass is 35.5. The molecule has 3 nitrogen and oxygen atoms in total. The Kier molecular flexibility index (Phi) is 5.18. The molecule has 1 heterocycles. The standard InChI is InChI=1S/C16H22Cl2N2O/c1-16(2,3)11-19-6-8-20(9-7-19)15(21)13-5-4-12(17)10-14(13)18/h4-5,10H,6-9,11H2,1-3H3. The van der Waals surface area contributed by atoms with E-state index in [1.807, 2.05) is 4.90 Å². The summed E-state index contributed by atoms with van der Waals surface area (Å²) in [4.78, 5) is 16.8. The van der Waals surface area contributed by atoms with Gasteiger partial charge in [-0.3, -0.25) is 9.69 Å². The molecule has 116 valence electrons. The van der Waals surface area contributed by atoms with Crippen molar-refractivity contribution in [3.05, 3.63) is 33.8 Å². The molecular weight excluding hydrogens is 307 g/mol. The molecule has 5 heteroatoms. The van der Waals surface area contributed by atoms with Crippen molar-refractivity contribution in [1.29, 1.82) is 0 Å². The van der Waals surface area contributed by atoms with Crippen LogP contribution in [0.5, 0.6) is 0 Å². The summed E-state index contributed by atoms with van der Waals surface area (Å²) in [6.45, 7) is 11.1. The molecule has 1 aromatic carbocycles. The lowest BCUT2D eigenvalue weighted by molar-refractivity contribution is 0.0592. The van der Waals surface area contributed by atoms with Crippen LogP contribution in [-0.2, 0) is 0 Å². The first-order valence-electron chi connectivity index (χ1n) is 7.23. The number of hydrogen-bond acceptors (Lipinski definition) is 2. The fourth-order valence-electron chi connectivity index (χ4n) is 2.61. The lowest BCUT2D eigenvalue weighted by atomic mass is 9.96. The zero-order chi connectivity index (χ0) is 15.6. The predicted octanol–water partition coefficient (Wildman–Crippen LogP) is 3.80. The van der Waals surface area contributed by atoms with Crippen molar-refractivity contribution in [1.82, 2.24) is 9.80 Å². The molecule has 0 aliphatic carbocycles. The molecule has 1 fully saturated rings. The van der Waals surface area contributed by atoms with Crippen LogP contribution in [0.4, 0.5) is 0 Å². The molecule has 1 saturated heterocycles. The van der Waals surface area contributed by atoms with Gasteiger partial charge in [0, 0.05) is 37.7 Å². The maximum atomic E-state index is 12.5. The summed E-state index contributed by atoms with van der Waals surface area (Å²) >= 11 is 12.0. The minimum Gasteiger partial charge on any atom is -0.336 e. The Balaban J connectivity index is 1.97. The minimum absolute atomic E-state index is 0.00734. The molecule has 1 aromatic rings. The van der Waals surface area contributed by atoms with E-state index in [1.54, 1.807) is 18.2 Å². The molecular formula is C16H22Cl2N2O.